The van der Waals surface area contributed by atoms with Gasteiger partial charge >= 0.3 is 6.03 Å². The van der Waals surface area contributed by atoms with E-state index in [1.807, 2.05) is 0 Å². The van der Waals surface area contributed by atoms with Crippen LogP contribution in [0.5, 0.6) is 0 Å². The van der Waals surface area contributed by atoms with Crippen molar-refractivity contribution in [2.45, 2.75) is 11.3 Å². The summed E-state index contributed by atoms with van der Waals surface area (Å²) >= 11 is 1.11. The van der Waals surface area contributed by atoms with E-state index in [9.17, 15) is 13.2 Å². The van der Waals surface area contributed by atoms with Crippen LogP contribution in [-0.4, -0.2) is 32.2 Å². The van der Waals surface area contributed by atoms with E-state index in [0.29, 0.717) is 11.2 Å². The number of anilines is 1. The number of rotatable bonds is 3. The Kier molecular flexibility index (Phi) is 3.72. The van der Waals surface area contributed by atoms with Crippen molar-refractivity contribution < 1.29 is 13.2 Å². The van der Waals surface area contributed by atoms with Crippen LogP contribution in [0.4, 0.5) is 10.5 Å². The van der Waals surface area contributed by atoms with Crippen molar-refractivity contribution in [3.8, 4) is 0 Å². The molecule has 0 fully saturated rings. The van der Waals surface area contributed by atoms with E-state index >= 15 is 0 Å². The molecule has 0 atom stereocenters. The second kappa shape index (κ2) is 5.14. The Hall–Kier alpha value is -1.67. The zero-order valence-corrected chi connectivity index (χ0v) is 12.1. The second-order valence-corrected chi connectivity index (χ2v) is 7.25. The van der Waals surface area contributed by atoms with E-state index in [1.54, 1.807) is 25.1 Å². The lowest BCUT2D eigenvalue weighted by atomic mass is 10.3. The minimum atomic E-state index is -3.29. The Morgan fingerprint density at radius 1 is 1.42 bits per heavy atom. The number of aromatic nitrogens is 1. The van der Waals surface area contributed by atoms with Gasteiger partial charge < -0.3 is 10.6 Å². The molecule has 0 aliphatic heterocycles. The average Bonchev–Trinajstić information content (AvgIpc) is 2.82. The Bertz CT molecular complexity index is 722. The fraction of sp³-hybridized carbons (Fsp3) is 0.273. The molecule has 0 radical (unpaired) electrons. The fourth-order valence-electron chi connectivity index (χ4n) is 1.43. The highest BCUT2D eigenvalue weighted by Gasteiger charge is 2.17. The number of thiazole rings is 1. The highest BCUT2D eigenvalue weighted by molar-refractivity contribution is 7.93. The minimum Gasteiger partial charge on any atom is -0.341 e. The zero-order chi connectivity index (χ0) is 14.0. The number of benzene rings is 1. The number of fused-ring (bicyclic) bond motifs is 1. The molecule has 2 aromatic rings. The van der Waals surface area contributed by atoms with E-state index in [2.05, 4.69) is 15.6 Å². The van der Waals surface area contributed by atoms with Crippen LogP contribution in [0.2, 0.25) is 0 Å². The average molecular weight is 299 g/mol. The number of hydrogen-bond acceptors (Lipinski definition) is 5. The molecule has 1 heterocycles. The molecule has 6 nitrogen and oxygen atoms in total. The molecular formula is C11H13N3O3S2. The van der Waals surface area contributed by atoms with Crippen LogP contribution in [0, 0.1) is 0 Å². The largest absolute Gasteiger partial charge is 0.341 e. The van der Waals surface area contributed by atoms with Gasteiger partial charge in [0.25, 0.3) is 0 Å². The van der Waals surface area contributed by atoms with Gasteiger partial charge in [0.1, 0.15) is 0 Å². The minimum absolute atomic E-state index is 0.0240. The highest BCUT2D eigenvalue weighted by atomic mass is 32.2. The summed E-state index contributed by atoms with van der Waals surface area (Å²) in [5.41, 5.74) is 1.20. The third-order valence-electron chi connectivity index (χ3n) is 2.50. The van der Waals surface area contributed by atoms with Crippen molar-refractivity contribution in [3.05, 3.63) is 18.2 Å². The molecule has 2 amide bonds. The molecule has 0 saturated heterocycles. The van der Waals surface area contributed by atoms with Gasteiger partial charge in [-0.1, -0.05) is 6.92 Å². The van der Waals surface area contributed by atoms with E-state index in [0.717, 1.165) is 16.0 Å². The standard InChI is InChI=1S/C11H13N3O3S2/c1-3-19(16,17)11-14-8-5-4-7(6-9(8)18-11)13-10(15)12-2/h4-6H,3H2,1-2H3,(H2,12,13,15). The smallest absolute Gasteiger partial charge is 0.318 e. The maximum atomic E-state index is 11.7. The summed E-state index contributed by atoms with van der Waals surface area (Å²) in [5.74, 6) is 0.0240. The number of carbonyl (C=O) groups is 1. The first kappa shape index (κ1) is 13.8. The van der Waals surface area contributed by atoms with E-state index in [-0.39, 0.29) is 16.1 Å². The monoisotopic (exact) mass is 299 g/mol. The summed E-state index contributed by atoms with van der Waals surface area (Å²) in [6.45, 7) is 1.58. The van der Waals surface area contributed by atoms with Gasteiger partial charge in [-0.2, -0.15) is 0 Å². The molecule has 1 aromatic carbocycles. The summed E-state index contributed by atoms with van der Waals surface area (Å²) in [7, 11) is -1.77. The first-order valence-corrected chi connectivity index (χ1v) is 8.05. The van der Waals surface area contributed by atoms with Crippen LogP contribution < -0.4 is 10.6 Å². The number of nitrogens with zero attached hydrogens (tertiary/aromatic N) is 1. The summed E-state index contributed by atoms with van der Waals surface area (Å²) in [6.07, 6.45) is 0. The predicted molar refractivity (Wildman–Crippen MR) is 75.4 cm³/mol. The molecule has 2 rings (SSSR count). The molecule has 0 saturated carbocycles. The predicted octanol–water partition coefficient (Wildman–Crippen LogP) is 1.84. The molecule has 102 valence electrons. The van der Waals surface area contributed by atoms with Gasteiger partial charge in [-0.3, -0.25) is 0 Å². The van der Waals surface area contributed by atoms with Crippen LogP contribution in [0.3, 0.4) is 0 Å². The van der Waals surface area contributed by atoms with Crippen molar-refractivity contribution >= 4 is 43.1 Å². The van der Waals surface area contributed by atoms with Gasteiger partial charge in [0, 0.05) is 12.7 Å². The number of hydrogen-bond donors (Lipinski definition) is 2. The Balaban J connectivity index is 2.42. The van der Waals surface area contributed by atoms with Crippen molar-refractivity contribution in [2.24, 2.45) is 0 Å². The SMILES string of the molecule is CCS(=O)(=O)c1nc2ccc(NC(=O)NC)cc2s1. The van der Waals surface area contributed by atoms with Gasteiger partial charge in [0.05, 0.1) is 16.0 Å². The van der Waals surface area contributed by atoms with Gasteiger partial charge in [-0.05, 0) is 18.2 Å². The zero-order valence-electron chi connectivity index (χ0n) is 10.4. The molecular weight excluding hydrogens is 286 g/mol. The normalized spacial score (nSPS) is 11.5. The van der Waals surface area contributed by atoms with E-state index in [1.165, 1.54) is 7.05 Å². The summed E-state index contributed by atoms with van der Waals surface area (Å²) in [4.78, 5) is 15.3. The second-order valence-electron chi connectivity index (χ2n) is 3.77. The van der Waals surface area contributed by atoms with Crippen molar-refractivity contribution in [1.29, 1.82) is 0 Å². The van der Waals surface area contributed by atoms with Gasteiger partial charge in [-0.25, -0.2) is 18.2 Å². The quantitative estimate of drug-likeness (QED) is 0.905. The molecule has 0 aliphatic carbocycles. The van der Waals surface area contributed by atoms with Gasteiger partial charge in [-0.15, -0.1) is 11.3 Å². The van der Waals surface area contributed by atoms with Crippen LogP contribution in [0.1, 0.15) is 6.92 Å². The molecule has 1 aromatic heterocycles. The summed E-state index contributed by atoms with van der Waals surface area (Å²) in [5, 5.41) is 5.07. The van der Waals surface area contributed by atoms with Crippen molar-refractivity contribution in [3.63, 3.8) is 0 Å². The lowest BCUT2D eigenvalue weighted by Gasteiger charge is -2.03. The molecule has 0 bridgehead atoms. The third kappa shape index (κ3) is 2.85. The molecule has 2 N–H and O–H groups in total. The molecule has 0 spiro atoms. The maximum absolute atomic E-state index is 11.7. The molecule has 19 heavy (non-hydrogen) atoms. The number of sulfone groups is 1. The maximum Gasteiger partial charge on any atom is 0.318 e. The number of urea groups is 1. The third-order valence-corrected chi connectivity index (χ3v) is 5.71. The highest BCUT2D eigenvalue weighted by Crippen LogP contribution is 2.28. The first-order valence-electron chi connectivity index (χ1n) is 5.58. The number of carbonyl (C=O) groups excluding carboxylic acids is 1. The summed E-state index contributed by atoms with van der Waals surface area (Å²) < 4.78 is 24.3. The van der Waals surface area contributed by atoms with Crippen LogP contribution >= 0.6 is 11.3 Å². The van der Waals surface area contributed by atoms with Crippen LogP contribution in [0.25, 0.3) is 10.2 Å². The first-order chi connectivity index (χ1) is 8.96. The van der Waals surface area contributed by atoms with Crippen molar-refractivity contribution in [2.75, 3.05) is 18.1 Å². The van der Waals surface area contributed by atoms with Crippen LogP contribution in [0.15, 0.2) is 22.5 Å². The Morgan fingerprint density at radius 2 is 2.16 bits per heavy atom. The van der Waals surface area contributed by atoms with Crippen LogP contribution in [-0.2, 0) is 9.84 Å². The lowest BCUT2D eigenvalue weighted by Crippen LogP contribution is -2.24. The van der Waals surface area contributed by atoms with Gasteiger partial charge in [0.15, 0.2) is 0 Å². The van der Waals surface area contributed by atoms with Crippen molar-refractivity contribution in [1.82, 2.24) is 10.3 Å². The Labute approximate surface area is 114 Å². The molecule has 0 unspecified atom stereocenters. The Morgan fingerprint density at radius 3 is 2.79 bits per heavy atom. The van der Waals surface area contributed by atoms with E-state index in [4.69, 9.17) is 0 Å². The van der Waals surface area contributed by atoms with E-state index < -0.39 is 9.84 Å². The lowest BCUT2D eigenvalue weighted by molar-refractivity contribution is 0.254. The molecule has 8 heteroatoms. The number of amides is 2. The van der Waals surface area contributed by atoms with Gasteiger partial charge in [0.2, 0.25) is 14.2 Å². The number of nitrogens with one attached hydrogen (secondary N) is 2. The fourth-order valence-corrected chi connectivity index (χ4v) is 3.78. The summed E-state index contributed by atoms with van der Waals surface area (Å²) in [6, 6.07) is 4.74. The molecule has 0 aliphatic rings. The topological polar surface area (TPSA) is 88.2 Å².